The van der Waals surface area contributed by atoms with Crippen molar-refractivity contribution in [2.24, 2.45) is 0 Å². The van der Waals surface area contributed by atoms with Gasteiger partial charge >= 0.3 is 0 Å². The third-order valence-electron chi connectivity index (χ3n) is 4.51. The van der Waals surface area contributed by atoms with Gasteiger partial charge in [0.2, 0.25) is 5.75 Å². The molecule has 4 rings (SSSR count). The van der Waals surface area contributed by atoms with E-state index >= 15 is 0 Å². The van der Waals surface area contributed by atoms with Gasteiger partial charge in [-0.2, -0.15) is 4.98 Å². The molecule has 0 aliphatic carbocycles. The minimum atomic E-state index is -0.135. The molecule has 0 N–H and O–H groups in total. The number of hydrogen-bond donors (Lipinski definition) is 0. The first-order valence-electron chi connectivity index (χ1n) is 8.88. The summed E-state index contributed by atoms with van der Waals surface area (Å²) in [4.78, 5) is 30.2. The molecular weight excluding hydrogens is 334 g/mol. The van der Waals surface area contributed by atoms with Crippen LogP contribution in [0.1, 0.15) is 23.2 Å². The van der Waals surface area contributed by atoms with Crippen LogP contribution in [0.2, 0.25) is 0 Å². The molecule has 8 heteroatoms. The number of carbonyl (C=O) groups excluding carboxylic acids is 1. The monoisotopic (exact) mass is 355 g/mol. The molecule has 26 heavy (non-hydrogen) atoms. The quantitative estimate of drug-likeness (QED) is 0.817. The summed E-state index contributed by atoms with van der Waals surface area (Å²) >= 11 is 0. The molecule has 0 saturated carbocycles. The van der Waals surface area contributed by atoms with Gasteiger partial charge in [-0.05, 0) is 12.1 Å². The van der Waals surface area contributed by atoms with E-state index in [-0.39, 0.29) is 5.91 Å². The van der Waals surface area contributed by atoms with Crippen LogP contribution in [-0.2, 0) is 6.42 Å². The lowest BCUT2D eigenvalue weighted by atomic mass is 10.2. The summed E-state index contributed by atoms with van der Waals surface area (Å²) in [7, 11) is 0. The molecule has 136 valence electrons. The molecule has 4 heterocycles. The predicted molar refractivity (Wildman–Crippen MR) is 94.8 cm³/mol. The molecule has 1 saturated heterocycles. The molecule has 0 bridgehead atoms. The number of piperazine rings is 1. The van der Waals surface area contributed by atoms with Crippen LogP contribution in [0.4, 0.5) is 5.82 Å². The van der Waals surface area contributed by atoms with Gasteiger partial charge < -0.3 is 19.3 Å². The summed E-state index contributed by atoms with van der Waals surface area (Å²) in [6.07, 6.45) is 2.41. The number of rotatable bonds is 3. The zero-order chi connectivity index (χ0) is 17.9. The first-order valence-corrected chi connectivity index (χ1v) is 8.88. The zero-order valence-corrected chi connectivity index (χ0v) is 14.7. The summed E-state index contributed by atoms with van der Waals surface area (Å²) in [6, 6.07) is 5.85. The molecular formula is C18H21N5O3. The van der Waals surface area contributed by atoms with Crippen LogP contribution in [0.5, 0.6) is 11.6 Å². The Labute approximate surface area is 151 Å². The Balaban J connectivity index is 1.52. The molecule has 0 radical (unpaired) electrons. The maximum Gasteiger partial charge on any atom is 0.276 e. The van der Waals surface area contributed by atoms with Crippen LogP contribution in [0.25, 0.3) is 0 Å². The van der Waals surface area contributed by atoms with Crippen LogP contribution in [0, 0.1) is 0 Å². The van der Waals surface area contributed by atoms with E-state index in [1.165, 1.54) is 0 Å². The molecule has 2 aliphatic heterocycles. The van der Waals surface area contributed by atoms with Crippen LogP contribution in [-0.4, -0.2) is 65.2 Å². The number of carbonyl (C=O) groups is 1. The van der Waals surface area contributed by atoms with E-state index in [0.717, 1.165) is 18.9 Å². The van der Waals surface area contributed by atoms with Gasteiger partial charge in [0.05, 0.1) is 0 Å². The standard InChI is InChI=1S/C18H21N5O3/c1-2-13-20-15(16-17(21-13)26-12-11-25-16)18(24)23-9-7-22(8-10-23)14-5-3-4-6-19-14/h3-6H,2,7-12H2,1H3. The second-order valence-electron chi connectivity index (χ2n) is 6.14. The summed E-state index contributed by atoms with van der Waals surface area (Å²) in [5, 5.41) is 0. The van der Waals surface area contributed by atoms with E-state index in [4.69, 9.17) is 9.47 Å². The molecule has 1 amide bonds. The highest BCUT2D eigenvalue weighted by Crippen LogP contribution is 2.32. The van der Waals surface area contributed by atoms with Gasteiger partial charge in [0.1, 0.15) is 24.9 Å². The molecule has 1 fully saturated rings. The van der Waals surface area contributed by atoms with Gasteiger partial charge in [-0.3, -0.25) is 4.79 Å². The van der Waals surface area contributed by atoms with Crippen molar-refractivity contribution in [3.63, 3.8) is 0 Å². The summed E-state index contributed by atoms with van der Waals surface area (Å²) in [6.45, 7) is 5.46. The number of hydrogen-bond acceptors (Lipinski definition) is 7. The molecule has 0 unspecified atom stereocenters. The number of anilines is 1. The molecule has 8 nitrogen and oxygen atoms in total. The molecule has 0 atom stereocenters. The number of pyridine rings is 1. The number of nitrogens with zero attached hydrogens (tertiary/aromatic N) is 5. The molecule has 2 aromatic rings. The number of amides is 1. The highest BCUT2D eigenvalue weighted by molar-refractivity contribution is 5.95. The topological polar surface area (TPSA) is 80.7 Å². The molecule has 0 spiro atoms. The fourth-order valence-corrected chi connectivity index (χ4v) is 3.12. The molecule has 2 aromatic heterocycles. The second kappa shape index (κ2) is 7.15. The first-order chi connectivity index (χ1) is 12.8. The number of ether oxygens (including phenoxy) is 2. The zero-order valence-electron chi connectivity index (χ0n) is 14.7. The predicted octanol–water partition coefficient (Wildman–Crippen LogP) is 1.17. The lowest BCUT2D eigenvalue weighted by molar-refractivity contribution is 0.0726. The van der Waals surface area contributed by atoms with Crippen molar-refractivity contribution in [3.05, 3.63) is 35.9 Å². The fraction of sp³-hybridized carbons (Fsp3) is 0.444. The van der Waals surface area contributed by atoms with E-state index in [1.54, 1.807) is 11.1 Å². The maximum atomic E-state index is 13.0. The van der Waals surface area contributed by atoms with E-state index in [2.05, 4.69) is 19.9 Å². The average Bonchev–Trinajstić information content (AvgIpc) is 2.73. The minimum absolute atomic E-state index is 0.135. The van der Waals surface area contributed by atoms with Gasteiger partial charge in [0, 0.05) is 38.8 Å². The average molecular weight is 355 g/mol. The highest BCUT2D eigenvalue weighted by atomic mass is 16.6. The van der Waals surface area contributed by atoms with Crippen molar-refractivity contribution in [3.8, 4) is 11.6 Å². The minimum Gasteiger partial charge on any atom is -0.483 e. The van der Waals surface area contributed by atoms with Crippen molar-refractivity contribution in [1.29, 1.82) is 0 Å². The second-order valence-corrected chi connectivity index (χ2v) is 6.14. The Hall–Kier alpha value is -2.90. The third-order valence-corrected chi connectivity index (χ3v) is 4.51. The van der Waals surface area contributed by atoms with Crippen molar-refractivity contribution in [2.75, 3.05) is 44.3 Å². The SMILES string of the molecule is CCc1nc2c(c(C(=O)N3CCN(c4ccccn4)CC3)n1)OCCO2. The van der Waals surface area contributed by atoms with Crippen LogP contribution in [0.15, 0.2) is 24.4 Å². The Morgan fingerprint density at radius 2 is 1.92 bits per heavy atom. The van der Waals surface area contributed by atoms with Crippen molar-refractivity contribution in [1.82, 2.24) is 19.9 Å². The number of fused-ring (bicyclic) bond motifs is 1. The first kappa shape index (κ1) is 16.6. The van der Waals surface area contributed by atoms with Crippen molar-refractivity contribution < 1.29 is 14.3 Å². The van der Waals surface area contributed by atoms with E-state index in [1.807, 2.05) is 25.1 Å². The Kier molecular flexibility index (Phi) is 4.55. The maximum absolute atomic E-state index is 13.0. The van der Waals surface area contributed by atoms with Gasteiger partial charge in [0.15, 0.2) is 5.69 Å². The van der Waals surface area contributed by atoms with Crippen LogP contribution < -0.4 is 14.4 Å². The smallest absolute Gasteiger partial charge is 0.276 e. The van der Waals surface area contributed by atoms with Gasteiger partial charge in [-0.15, -0.1) is 0 Å². The molecule has 0 aromatic carbocycles. The largest absolute Gasteiger partial charge is 0.483 e. The van der Waals surface area contributed by atoms with Crippen LogP contribution >= 0.6 is 0 Å². The van der Waals surface area contributed by atoms with E-state index < -0.39 is 0 Å². The van der Waals surface area contributed by atoms with Crippen LogP contribution in [0.3, 0.4) is 0 Å². The normalized spacial score (nSPS) is 16.5. The molecule has 2 aliphatic rings. The van der Waals surface area contributed by atoms with E-state index in [9.17, 15) is 4.79 Å². The third kappa shape index (κ3) is 3.14. The summed E-state index contributed by atoms with van der Waals surface area (Å²) < 4.78 is 11.2. The van der Waals surface area contributed by atoms with Gasteiger partial charge in [0.25, 0.3) is 11.8 Å². The van der Waals surface area contributed by atoms with Gasteiger partial charge in [-0.1, -0.05) is 13.0 Å². The number of aromatic nitrogens is 3. The Bertz CT molecular complexity index is 791. The van der Waals surface area contributed by atoms with Gasteiger partial charge in [-0.25, -0.2) is 9.97 Å². The summed E-state index contributed by atoms with van der Waals surface area (Å²) in [5.74, 6) is 2.13. The summed E-state index contributed by atoms with van der Waals surface area (Å²) in [5.41, 5.74) is 0.304. The van der Waals surface area contributed by atoms with Crippen molar-refractivity contribution >= 4 is 11.7 Å². The lowest BCUT2D eigenvalue weighted by Crippen LogP contribution is -2.49. The Morgan fingerprint density at radius 3 is 2.65 bits per heavy atom. The number of aryl methyl sites for hydroxylation is 1. The van der Waals surface area contributed by atoms with E-state index in [0.29, 0.717) is 55.9 Å². The fourth-order valence-electron chi connectivity index (χ4n) is 3.12. The van der Waals surface area contributed by atoms with Crippen molar-refractivity contribution in [2.45, 2.75) is 13.3 Å². The highest BCUT2D eigenvalue weighted by Gasteiger charge is 2.30. The lowest BCUT2D eigenvalue weighted by Gasteiger charge is -2.35. The Morgan fingerprint density at radius 1 is 1.12 bits per heavy atom.